The number of anilines is 1. The Hall–Kier alpha value is -4.57. The Morgan fingerprint density at radius 3 is 2.14 bits per heavy atom. The number of fused-ring (bicyclic) bond motifs is 1. The maximum Gasteiger partial charge on any atom is 0.244 e. The van der Waals surface area contributed by atoms with E-state index in [1.165, 1.54) is 22.3 Å². The van der Waals surface area contributed by atoms with Crippen LogP contribution in [-0.2, 0) is 0 Å². The molecule has 1 N–H and O–H groups in total. The first kappa shape index (κ1) is 22.9. The van der Waals surface area contributed by atoms with Crippen LogP contribution in [0.25, 0.3) is 27.7 Å². The summed E-state index contributed by atoms with van der Waals surface area (Å²) in [6.07, 6.45) is 4.05. The number of aryl methyl sites for hydroxylation is 1. The highest BCUT2D eigenvalue weighted by molar-refractivity contribution is 6.03. The molecule has 0 saturated heterocycles. The zero-order valence-corrected chi connectivity index (χ0v) is 20.8. The molecule has 37 heavy (non-hydrogen) atoms. The molecule has 5 aromatic rings. The molecule has 0 radical (unpaired) electrons. The van der Waals surface area contributed by atoms with Crippen molar-refractivity contribution in [2.75, 3.05) is 5.43 Å². The molecular weight excluding hydrogens is 452 g/mol. The summed E-state index contributed by atoms with van der Waals surface area (Å²) in [6.45, 7) is 2.09. The molecule has 6 rings (SSSR count). The van der Waals surface area contributed by atoms with Gasteiger partial charge in [0, 0.05) is 10.9 Å². The molecule has 0 fully saturated rings. The van der Waals surface area contributed by atoms with E-state index in [4.69, 9.17) is 15.1 Å². The molecule has 1 unspecified atom stereocenters. The van der Waals surface area contributed by atoms with Crippen LogP contribution in [0.3, 0.4) is 0 Å². The lowest BCUT2D eigenvalue weighted by Gasteiger charge is -2.24. The Bertz CT molecular complexity index is 1590. The maximum atomic E-state index is 4.90. The smallest absolute Gasteiger partial charge is 0.244 e. The SMILES string of the molecule is Cc1ccc2nc(N/N=C3\C=C(c4ccccc4)CC(c4ccccc4)C3)nc(-c3ccccc3)c2c1. The van der Waals surface area contributed by atoms with Crippen LogP contribution in [0.5, 0.6) is 0 Å². The fourth-order valence-electron chi connectivity index (χ4n) is 5.03. The molecular formula is C33H28N4. The average molecular weight is 481 g/mol. The summed E-state index contributed by atoms with van der Waals surface area (Å²) in [5.41, 5.74) is 12.1. The molecule has 1 atom stereocenters. The highest BCUT2D eigenvalue weighted by atomic mass is 15.4. The van der Waals surface area contributed by atoms with Crippen molar-refractivity contribution < 1.29 is 0 Å². The van der Waals surface area contributed by atoms with Gasteiger partial charge in [0.25, 0.3) is 0 Å². The molecule has 0 spiro atoms. The van der Waals surface area contributed by atoms with Crippen LogP contribution in [0.15, 0.2) is 120 Å². The third kappa shape index (κ3) is 5.05. The quantitative estimate of drug-likeness (QED) is 0.259. The van der Waals surface area contributed by atoms with Gasteiger partial charge in [0.2, 0.25) is 5.95 Å². The minimum atomic E-state index is 0.363. The summed E-state index contributed by atoms with van der Waals surface area (Å²) >= 11 is 0. The van der Waals surface area contributed by atoms with Gasteiger partial charge in [-0.05, 0) is 60.6 Å². The lowest BCUT2D eigenvalue weighted by atomic mass is 9.81. The number of hydrogen-bond acceptors (Lipinski definition) is 4. The van der Waals surface area contributed by atoms with E-state index < -0.39 is 0 Å². The summed E-state index contributed by atoms with van der Waals surface area (Å²) in [5.74, 6) is 0.863. The predicted octanol–water partition coefficient (Wildman–Crippen LogP) is 8.03. The Morgan fingerprint density at radius 1 is 0.730 bits per heavy atom. The van der Waals surface area contributed by atoms with Crippen molar-refractivity contribution in [3.05, 3.63) is 132 Å². The van der Waals surface area contributed by atoms with Gasteiger partial charge in [0.1, 0.15) is 0 Å². The van der Waals surface area contributed by atoms with Crippen molar-refractivity contribution in [3.63, 3.8) is 0 Å². The van der Waals surface area contributed by atoms with Crippen LogP contribution in [-0.4, -0.2) is 15.7 Å². The lowest BCUT2D eigenvalue weighted by molar-refractivity contribution is 0.731. The summed E-state index contributed by atoms with van der Waals surface area (Å²) in [7, 11) is 0. The maximum absolute atomic E-state index is 4.90. The predicted molar refractivity (Wildman–Crippen MR) is 154 cm³/mol. The monoisotopic (exact) mass is 480 g/mol. The molecule has 4 aromatic carbocycles. The van der Waals surface area contributed by atoms with Gasteiger partial charge >= 0.3 is 0 Å². The average Bonchev–Trinajstić information content (AvgIpc) is 2.97. The van der Waals surface area contributed by atoms with E-state index in [0.717, 1.165) is 40.7 Å². The van der Waals surface area contributed by atoms with Gasteiger partial charge in [-0.25, -0.2) is 15.4 Å². The number of aromatic nitrogens is 2. The summed E-state index contributed by atoms with van der Waals surface area (Å²) < 4.78 is 0. The first-order valence-electron chi connectivity index (χ1n) is 12.7. The van der Waals surface area contributed by atoms with Gasteiger partial charge in [0.05, 0.1) is 16.9 Å². The van der Waals surface area contributed by atoms with Crippen LogP contribution in [0.2, 0.25) is 0 Å². The van der Waals surface area contributed by atoms with E-state index in [0.29, 0.717) is 11.9 Å². The molecule has 0 aliphatic heterocycles. The minimum absolute atomic E-state index is 0.363. The van der Waals surface area contributed by atoms with Gasteiger partial charge in [-0.1, -0.05) is 103 Å². The molecule has 4 nitrogen and oxygen atoms in total. The van der Waals surface area contributed by atoms with Crippen LogP contribution >= 0.6 is 0 Å². The number of allylic oxidation sites excluding steroid dienone is 2. The number of benzene rings is 4. The van der Waals surface area contributed by atoms with Crippen molar-refractivity contribution in [1.82, 2.24) is 9.97 Å². The van der Waals surface area contributed by atoms with E-state index in [2.05, 4.69) is 109 Å². The van der Waals surface area contributed by atoms with Gasteiger partial charge in [-0.2, -0.15) is 5.10 Å². The molecule has 0 amide bonds. The topological polar surface area (TPSA) is 50.2 Å². The molecule has 1 aromatic heterocycles. The zero-order valence-electron chi connectivity index (χ0n) is 20.8. The van der Waals surface area contributed by atoms with Crippen LogP contribution in [0.4, 0.5) is 5.95 Å². The van der Waals surface area contributed by atoms with Crippen molar-refractivity contribution in [1.29, 1.82) is 0 Å². The molecule has 1 aliphatic carbocycles. The third-order valence-electron chi connectivity index (χ3n) is 6.88. The van der Waals surface area contributed by atoms with Crippen molar-refractivity contribution >= 4 is 28.1 Å². The number of hydrogen-bond donors (Lipinski definition) is 1. The highest BCUT2D eigenvalue weighted by Crippen LogP contribution is 2.36. The summed E-state index contributed by atoms with van der Waals surface area (Å²) in [4.78, 5) is 9.69. The number of nitrogens with one attached hydrogen (secondary N) is 1. The van der Waals surface area contributed by atoms with E-state index in [1.807, 2.05) is 18.2 Å². The molecule has 1 heterocycles. The normalized spacial score (nSPS) is 16.5. The standard InChI is InChI=1S/C33H28N4/c1-23-17-18-31-30(19-23)32(26-15-9-4-10-16-26)35-33(34-31)37-36-29-21-27(24-11-5-2-6-12-24)20-28(22-29)25-13-7-3-8-14-25/h2-19,21,28H,20,22H2,1H3,(H,34,35,37)/b36-29+. The Kier molecular flexibility index (Phi) is 6.30. The van der Waals surface area contributed by atoms with E-state index in [1.54, 1.807) is 0 Å². The Labute approximate surface area is 217 Å². The number of hydrazone groups is 1. The van der Waals surface area contributed by atoms with E-state index in [-0.39, 0.29) is 0 Å². The molecule has 0 saturated carbocycles. The number of nitrogens with zero attached hydrogens (tertiary/aromatic N) is 3. The van der Waals surface area contributed by atoms with Gasteiger partial charge in [-0.15, -0.1) is 0 Å². The first-order valence-corrected chi connectivity index (χ1v) is 12.7. The Morgan fingerprint density at radius 2 is 1.41 bits per heavy atom. The van der Waals surface area contributed by atoms with Crippen LogP contribution < -0.4 is 5.43 Å². The lowest BCUT2D eigenvalue weighted by Crippen LogP contribution is -2.14. The van der Waals surface area contributed by atoms with Gasteiger partial charge in [0.15, 0.2) is 0 Å². The van der Waals surface area contributed by atoms with E-state index in [9.17, 15) is 0 Å². The van der Waals surface area contributed by atoms with E-state index >= 15 is 0 Å². The molecule has 1 aliphatic rings. The Balaban J connectivity index is 1.38. The van der Waals surface area contributed by atoms with Crippen LogP contribution in [0, 0.1) is 6.92 Å². The summed E-state index contributed by atoms with van der Waals surface area (Å²) in [6, 6.07) is 37.8. The number of rotatable bonds is 5. The van der Waals surface area contributed by atoms with Crippen molar-refractivity contribution in [2.45, 2.75) is 25.7 Å². The van der Waals surface area contributed by atoms with Crippen LogP contribution in [0.1, 0.15) is 35.4 Å². The summed E-state index contributed by atoms with van der Waals surface area (Å²) in [5, 5.41) is 5.87. The highest BCUT2D eigenvalue weighted by Gasteiger charge is 2.22. The zero-order chi connectivity index (χ0) is 25.0. The second kappa shape index (κ2) is 10.2. The molecule has 4 heteroatoms. The van der Waals surface area contributed by atoms with Gasteiger partial charge < -0.3 is 0 Å². The van der Waals surface area contributed by atoms with Crippen molar-refractivity contribution in [3.8, 4) is 11.3 Å². The fourth-order valence-corrected chi connectivity index (χ4v) is 5.03. The minimum Gasteiger partial charge on any atom is -0.245 e. The van der Waals surface area contributed by atoms with Gasteiger partial charge in [-0.3, -0.25) is 0 Å². The fraction of sp³-hybridized carbons (Fsp3) is 0.121. The third-order valence-corrected chi connectivity index (χ3v) is 6.88. The first-order chi connectivity index (χ1) is 18.2. The molecule has 0 bridgehead atoms. The molecule has 180 valence electrons. The second-order valence-corrected chi connectivity index (χ2v) is 9.55. The second-order valence-electron chi connectivity index (χ2n) is 9.55. The largest absolute Gasteiger partial charge is 0.245 e. The van der Waals surface area contributed by atoms with Crippen molar-refractivity contribution in [2.24, 2.45) is 5.10 Å².